The Labute approximate surface area is 132 Å². The van der Waals surface area contributed by atoms with Gasteiger partial charge in [0.05, 0.1) is 23.5 Å². The number of hydrogen-bond acceptors (Lipinski definition) is 5. The van der Waals surface area contributed by atoms with Gasteiger partial charge in [0.15, 0.2) is 0 Å². The lowest BCUT2D eigenvalue weighted by Gasteiger charge is -2.03. The molecule has 2 aromatic rings. The van der Waals surface area contributed by atoms with Gasteiger partial charge in [0.25, 0.3) is 5.24 Å². The summed E-state index contributed by atoms with van der Waals surface area (Å²) in [6.07, 6.45) is 3.38. The lowest BCUT2D eigenvalue weighted by molar-refractivity contribution is 0.265. The zero-order chi connectivity index (χ0) is 15.4. The highest BCUT2D eigenvalue weighted by atomic mass is 32.2. The Hall–Kier alpha value is -2.47. The highest BCUT2D eigenvalue weighted by Crippen LogP contribution is 2.29. The van der Waals surface area contributed by atoms with Gasteiger partial charge in [-0.15, -0.1) is 0 Å². The summed E-state index contributed by atoms with van der Waals surface area (Å²) in [5, 5.41) is 2.59. The summed E-state index contributed by atoms with van der Waals surface area (Å²) >= 11 is 1.10. The molecule has 1 aromatic carbocycles. The molecule has 0 spiro atoms. The van der Waals surface area contributed by atoms with E-state index in [9.17, 15) is 4.79 Å². The van der Waals surface area contributed by atoms with Crippen LogP contribution in [-0.2, 0) is 0 Å². The summed E-state index contributed by atoms with van der Waals surface area (Å²) in [5.41, 5.74) is 0.742. The number of nitrogens with one attached hydrogen (secondary N) is 1. The number of furan rings is 1. The van der Waals surface area contributed by atoms with Crippen LogP contribution < -0.4 is 10.1 Å². The molecule has 1 aromatic heterocycles. The summed E-state index contributed by atoms with van der Waals surface area (Å²) in [6.45, 7) is 2.56. The normalized spacial score (nSPS) is 18.0. The van der Waals surface area contributed by atoms with E-state index in [0.717, 1.165) is 28.1 Å². The third-order valence-corrected chi connectivity index (χ3v) is 3.68. The molecule has 112 valence electrons. The molecular weight excluding hydrogens is 300 g/mol. The second-order valence-corrected chi connectivity index (χ2v) is 5.44. The van der Waals surface area contributed by atoms with Crippen molar-refractivity contribution in [2.45, 2.75) is 6.92 Å². The number of benzene rings is 1. The summed E-state index contributed by atoms with van der Waals surface area (Å²) in [5.74, 6) is 2.00. The highest BCUT2D eigenvalue weighted by Gasteiger charge is 2.23. The zero-order valence-corrected chi connectivity index (χ0v) is 12.7. The maximum atomic E-state index is 11.6. The van der Waals surface area contributed by atoms with Crippen LogP contribution in [0.5, 0.6) is 5.75 Å². The van der Waals surface area contributed by atoms with E-state index in [0.29, 0.717) is 18.2 Å². The Bertz CT molecular complexity index is 718. The van der Waals surface area contributed by atoms with Crippen LogP contribution in [0.15, 0.2) is 57.0 Å². The fourth-order valence-electron chi connectivity index (χ4n) is 1.93. The predicted molar refractivity (Wildman–Crippen MR) is 87.5 cm³/mol. The van der Waals surface area contributed by atoms with Crippen LogP contribution >= 0.6 is 11.8 Å². The largest absolute Gasteiger partial charge is 0.494 e. The van der Waals surface area contributed by atoms with E-state index in [2.05, 4.69) is 10.3 Å². The number of carbonyl (C=O) groups excluding carboxylic acids is 1. The Kier molecular flexibility index (Phi) is 4.29. The Morgan fingerprint density at radius 1 is 1.32 bits per heavy atom. The number of aliphatic imine (C=N–C) groups is 1. The van der Waals surface area contributed by atoms with Crippen LogP contribution in [0.25, 0.3) is 6.08 Å². The monoisotopic (exact) mass is 314 g/mol. The summed E-state index contributed by atoms with van der Waals surface area (Å²) in [6, 6.07) is 11.0. The molecular formula is C16H14N2O3S. The average molecular weight is 314 g/mol. The molecule has 0 bridgehead atoms. The minimum absolute atomic E-state index is 0.150. The lowest BCUT2D eigenvalue weighted by atomic mass is 10.3. The van der Waals surface area contributed by atoms with Crippen LogP contribution in [0.1, 0.15) is 12.7 Å². The molecule has 0 aliphatic carbocycles. The molecule has 0 atom stereocenters. The van der Waals surface area contributed by atoms with E-state index < -0.39 is 0 Å². The molecule has 1 N–H and O–H groups in total. The van der Waals surface area contributed by atoms with Gasteiger partial charge in [0.2, 0.25) is 0 Å². The molecule has 1 amide bonds. The third kappa shape index (κ3) is 3.40. The SMILES string of the molecule is CCOc1ccc(N=C2NC(=O)S/C2=C\c2ccco2)cc1. The van der Waals surface area contributed by atoms with Crippen molar-refractivity contribution in [3.8, 4) is 5.75 Å². The smallest absolute Gasteiger partial charge is 0.289 e. The van der Waals surface area contributed by atoms with E-state index >= 15 is 0 Å². The fraction of sp³-hybridized carbons (Fsp3) is 0.125. The van der Waals surface area contributed by atoms with Gasteiger partial charge in [-0.05, 0) is 61.2 Å². The molecule has 1 aliphatic rings. The van der Waals surface area contributed by atoms with Crippen molar-refractivity contribution in [1.29, 1.82) is 0 Å². The van der Waals surface area contributed by atoms with Crippen molar-refractivity contribution in [2.24, 2.45) is 4.99 Å². The number of thioether (sulfide) groups is 1. The van der Waals surface area contributed by atoms with Crippen molar-refractivity contribution < 1.29 is 13.9 Å². The van der Waals surface area contributed by atoms with Gasteiger partial charge in [0.1, 0.15) is 17.3 Å². The highest BCUT2D eigenvalue weighted by molar-refractivity contribution is 8.18. The van der Waals surface area contributed by atoms with Crippen LogP contribution in [0.4, 0.5) is 10.5 Å². The number of carbonyl (C=O) groups is 1. The number of amidine groups is 1. The van der Waals surface area contributed by atoms with Crippen molar-refractivity contribution in [3.05, 3.63) is 53.3 Å². The Morgan fingerprint density at radius 3 is 2.82 bits per heavy atom. The maximum Gasteiger partial charge on any atom is 0.289 e. The first kappa shape index (κ1) is 14.5. The molecule has 5 nitrogen and oxygen atoms in total. The average Bonchev–Trinajstić information content (AvgIpc) is 3.12. The van der Waals surface area contributed by atoms with Crippen molar-refractivity contribution in [3.63, 3.8) is 0 Å². The minimum Gasteiger partial charge on any atom is -0.494 e. The number of nitrogens with zero attached hydrogens (tertiary/aromatic N) is 1. The second-order valence-electron chi connectivity index (χ2n) is 4.43. The van der Waals surface area contributed by atoms with E-state index in [1.54, 1.807) is 18.4 Å². The minimum atomic E-state index is -0.150. The summed E-state index contributed by atoms with van der Waals surface area (Å²) in [4.78, 5) is 16.8. The molecule has 3 rings (SSSR count). The third-order valence-electron chi connectivity index (χ3n) is 2.86. The number of amides is 1. The van der Waals surface area contributed by atoms with Crippen molar-refractivity contribution in [1.82, 2.24) is 5.32 Å². The molecule has 1 saturated heterocycles. The Morgan fingerprint density at radius 2 is 2.14 bits per heavy atom. The molecule has 1 fully saturated rings. The number of hydrogen-bond donors (Lipinski definition) is 1. The maximum absolute atomic E-state index is 11.6. The van der Waals surface area contributed by atoms with Crippen LogP contribution in [0.2, 0.25) is 0 Å². The topological polar surface area (TPSA) is 63.8 Å². The van der Waals surface area contributed by atoms with Gasteiger partial charge >= 0.3 is 0 Å². The Balaban J connectivity index is 1.86. The predicted octanol–water partition coefficient (Wildman–Crippen LogP) is 4.21. The van der Waals surface area contributed by atoms with Gasteiger partial charge in [-0.25, -0.2) is 4.99 Å². The van der Waals surface area contributed by atoms with Crippen molar-refractivity contribution >= 4 is 34.6 Å². The van der Waals surface area contributed by atoms with E-state index in [-0.39, 0.29) is 5.24 Å². The molecule has 2 heterocycles. The standard InChI is InChI=1S/C16H14N2O3S/c1-2-20-12-7-5-11(6-8-12)17-15-14(22-16(19)18-15)10-13-4-3-9-21-13/h3-10H,2H2,1H3,(H,17,18,19)/b14-10-. The second kappa shape index (κ2) is 6.53. The molecule has 1 aliphatic heterocycles. The lowest BCUT2D eigenvalue weighted by Crippen LogP contribution is -2.18. The summed E-state index contributed by atoms with van der Waals surface area (Å²) in [7, 11) is 0. The molecule has 6 heteroatoms. The van der Waals surface area contributed by atoms with Crippen LogP contribution in [0, 0.1) is 0 Å². The number of rotatable bonds is 4. The van der Waals surface area contributed by atoms with E-state index in [1.165, 1.54) is 0 Å². The van der Waals surface area contributed by atoms with Crippen LogP contribution in [0.3, 0.4) is 0 Å². The van der Waals surface area contributed by atoms with Crippen molar-refractivity contribution in [2.75, 3.05) is 6.61 Å². The van der Waals surface area contributed by atoms with E-state index in [4.69, 9.17) is 9.15 Å². The first-order valence-electron chi connectivity index (χ1n) is 6.80. The van der Waals surface area contributed by atoms with Gasteiger partial charge in [-0.3, -0.25) is 4.79 Å². The molecule has 22 heavy (non-hydrogen) atoms. The van der Waals surface area contributed by atoms with Gasteiger partial charge in [-0.1, -0.05) is 0 Å². The van der Waals surface area contributed by atoms with Gasteiger partial charge < -0.3 is 14.5 Å². The quantitative estimate of drug-likeness (QED) is 0.918. The van der Waals surface area contributed by atoms with Gasteiger partial charge in [0, 0.05) is 0 Å². The first-order chi connectivity index (χ1) is 10.7. The fourth-order valence-corrected chi connectivity index (χ4v) is 2.64. The van der Waals surface area contributed by atoms with Gasteiger partial charge in [-0.2, -0.15) is 0 Å². The summed E-state index contributed by atoms with van der Waals surface area (Å²) < 4.78 is 10.7. The molecule has 0 radical (unpaired) electrons. The van der Waals surface area contributed by atoms with Crippen LogP contribution in [-0.4, -0.2) is 17.7 Å². The molecule has 0 saturated carbocycles. The van der Waals surface area contributed by atoms with E-state index in [1.807, 2.05) is 37.3 Å². The first-order valence-corrected chi connectivity index (χ1v) is 7.62. The molecule has 0 unspecified atom stereocenters. The number of ether oxygens (including phenoxy) is 1. The zero-order valence-electron chi connectivity index (χ0n) is 11.9.